The molecule has 114 valence electrons. The lowest BCUT2D eigenvalue weighted by molar-refractivity contribution is -0.0899. The smallest absolute Gasteiger partial charge is 0.0575 e. The molecule has 0 bridgehead atoms. The summed E-state index contributed by atoms with van der Waals surface area (Å²) in [5, 5.41) is 0. The van der Waals surface area contributed by atoms with Crippen molar-refractivity contribution >= 4 is 0 Å². The van der Waals surface area contributed by atoms with Crippen LogP contribution < -0.4 is 0 Å². The van der Waals surface area contributed by atoms with Crippen LogP contribution in [0.5, 0.6) is 0 Å². The van der Waals surface area contributed by atoms with E-state index in [1.165, 1.54) is 64.2 Å². The minimum atomic E-state index is 0.508. The lowest BCUT2D eigenvalue weighted by Gasteiger charge is -2.28. The molecule has 0 amide bonds. The van der Waals surface area contributed by atoms with Crippen LogP contribution in [0.3, 0.4) is 0 Å². The zero-order valence-electron chi connectivity index (χ0n) is 13.2. The molecule has 1 aliphatic rings. The number of rotatable bonds is 13. The highest BCUT2D eigenvalue weighted by Gasteiger charge is 2.20. The topological polar surface area (TPSA) is 18.5 Å². The predicted octanol–water partition coefficient (Wildman–Crippen LogP) is 4.96. The van der Waals surface area contributed by atoms with Gasteiger partial charge in [-0.15, -0.1) is 0 Å². The lowest BCUT2D eigenvalue weighted by Crippen LogP contribution is -2.33. The van der Waals surface area contributed by atoms with Gasteiger partial charge in [0.15, 0.2) is 0 Å². The molecular formula is C17H34O2. The van der Waals surface area contributed by atoms with Crippen molar-refractivity contribution in [2.75, 3.05) is 19.8 Å². The Labute approximate surface area is 120 Å². The maximum atomic E-state index is 6.12. The lowest BCUT2D eigenvalue weighted by atomic mass is 10.0. The van der Waals surface area contributed by atoms with Crippen LogP contribution in [0, 0.1) is 5.92 Å². The minimum absolute atomic E-state index is 0.508. The van der Waals surface area contributed by atoms with E-state index < -0.39 is 0 Å². The van der Waals surface area contributed by atoms with Crippen LogP contribution in [0.15, 0.2) is 0 Å². The molecule has 2 heteroatoms. The molecule has 1 fully saturated rings. The number of hydrogen-bond acceptors (Lipinski definition) is 2. The fourth-order valence-electron chi connectivity index (χ4n) is 2.56. The normalized spacial score (nSPS) is 17.4. The van der Waals surface area contributed by atoms with E-state index in [2.05, 4.69) is 13.8 Å². The van der Waals surface area contributed by atoms with Gasteiger partial charge in [-0.3, -0.25) is 0 Å². The number of unbranched alkanes of at least 4 members (excludes halogenated alkanes) is 6. The number of hydrogen-bond donors (Lipinski definition) is 0. The summed E-state index contributed by atoms with van der Waals surface area (Å²) in [5.41, 5.74) is 0. The highest BCUT2D eigenvalue weighted by molar-refractivity contribution is 4.67. The Kier molecular flexibility index (Phi) is 10.5. The third kappa shape index (κ3) is 8.65. The Bertz CT molecular complexity index is 190. The van der Waals surface area contributed by atoms with E-state index in [1.807, 2.05) is 0 Å². The fraction of sp³-hybridized carbons (Fsp3) is 1.00. The SMILES string of the molecule is CCCCCCCC(CCCCC)OCC1COC1. The van der Waals surface area contributed by atoms with E-state index in [0.717, 1.165) is 19.8 Å². The molecule has 1 unspecified atom stereocenters. The third-order valence-electron chi connectivity index (χ3n) is 4.03. The van der Waals surface area contributed by atoms with Gasteiger partial charge in [0.05, 0.1) is 25.9 Å². The zero-order valence-corrected chi connectivity index (χ0v) is 13.2. The summed E-state index contributed by atoms with van der Waals surface area (Å²) in [6, 6.07) is 0. The summed E-state index contributed by atoms with van der Waals surface area (Å²) in [5.74, 6) is 0.675. The van der Waals surface area contributed by atoms with Crippen LogP contribution in [0.4, 0.5) is 0 Å². The van der Waals surface area contributed by atoms with Crippen molar-refractivity contribution in [3.05, 3.63) is 0 Å². The van der Waals surface area contributed by atoms with Gasteiger partial charge < -0.3 is 9.47 Å². The van der Waals surface area contributed by atoms with E-state index in [0.29, 0.717) is 12.0 Å². The Morgan fingerprint density at radius 1 is 0.895 bits per heavy atom. The van der Waals surface area contributed by atoms with E-state index in [4.69, 9.17) is 9.47 Å². The zero-order chi connectivity index (χ0) is 13.8. The molecule has 0 aromatic rings. The van der Waals surface area contributed by atoms with Crippen LogP contribution in [0.25, 0.3) is 0 Å². The van der Waals surface area contributed by atoms with Crippen molar-refractivity contribution in [3.8, 4) is 0 Å². The van der Waals surface area contributed by atoms with Gasteiger partial charge in [-0.1, -0.05) is 65.2 Å². The largest absolute Gasteiger partial charge is 0.381 e. The van der Waals surface area contributed by atoms with Crippen molar-refractivity contribution < 1.29 is 9.47 Å². The van der Waals surface area contributed by atoms with Crippen molar-refractivity contribution in [1.82, 2.24) is 0 Å². The van der Waals surface area contributed by atoms with Gasteiger partial charge in [0, 0.05) is 5.92 Å². The van der Waals surface area contributed by atoms with Crippen LogP contribution in [0.2, 0.25) is 0 Å². The second-order valence-electron chi connectivity index (χ2n) is 6.06. The Morgan fingerprint density at radius 2 is 1.47 bits per heavy atom. The average molecular weight is 270 g/mol. The molecule has 2 nitrogen and oxygen atoms in total. The maximum Gasteiger partial charge on any atom is 0.0575 e. The van der Waals surface area contributed by atoms with E-state index >= 15 is 0 Å². The molecule has 0 spiro atoms. The van der Waals surface area contributed by atoms with Gasteiger partial charge in [0.1, 0.15) is 0 Å². The molecule has 0 aliphatic carbocycles. The summed E-state index contributed by atoms with van der Waals surface area (Å²) in [4.78, 5) is 0. The fourth-order valence-corrected chi connectivity index (χ4v) is 2.56. The maximum absolute atomic E-state index is 6.12. The first kappa shape index (κ1) is 17.0. The molecule has 0 aromatic carbocycles. The Hall–Kier alpha value is -0.0800. The van der Waals surface area contributed by atoms with Gasteiger partial charge in [-0.05, 0) is 12.8 Å². The molecule has 1 rings (SSSR count). The van der Waals surface area contributed by atoms with Crippen LogP contribution >= 0.6 is 0 Å². The quantitative estimate of drug-likeness (QED) is 0.440. The summed E-state index contributed by atoms with van der Waals surface area (Å²) in [6.45, 7) is 7.30. The van der Waals surface area contributed by atoms with Crippen molar-refractivity contribution in [1.29, 1.82) is 0 Å². The standard InChI is InChI=1S/C17H34O2/c1-3-5-7-8-10-12-17(11-9-6-4-2)19-15-16-13-18-14-16/h16-17H,3-15H2,1-2H3. The van der Waals surface area contributed by atoms with Gasteiger partial charge in [-0.2, -0.15) is 0 Å². The predicted molar refractivity (Wildman–Crippen MR) is 81.6 cm³/mol. The summed E-state index contributed by atoms with van der Waals surface area (Å²) >= 11 is 0. The monoisotopic (exact) mass is 270 g/mol. The molecular weight excluding hydrogens is 236 g/mol. The van der Waals surface area contributed by atoms with E-state index in [9.17, 15) is 0 Å². The van der Waals surface area contributed by atoms with Gasteiger partial charge in [0.25, 0.3) is 0 Å². The summed E-state index contributed by atoms with van der Waals surface area (Å²) in [6.07, 6.45) is 13.9. The number of ether oxygens (including phenoxy) is 2. The highest BCUT2D eigenvalue weighted by atomic mass is 16.5. The van der Waals surface area contributed by atoms with Crippen molar-refractivity contribution in [2.45, 2.75) is 84.2 Å². The van der Waals surface area contributed by atoms with E-state index in [1.54, 1.807) is 0 Å². The van der Waals surface area contributed by atoms with Crippen LogP contribution in [-0.2, 0) is 9.47 Å². The average Bonchev–Trinajstić information content (AvgIpc) is 2.36. The summed E-state index contributed by atoms with van der Waals surface area (Å²) in [7, 11) is 0. The second kappa shape index (κ2) is 11.7. The van der Waals surface area contributed by atoms with Gasteiger partial charge >= 0.3 is 0 Å². The first-order valence-electron chi connectivity index (χ1n) is 8.56. The molecule has 19 heavy (non-hydrogen) atoms. The first-order chi connectivity index (χ1) is 9.36. The van der Waals surface area contributed by atoms with Gasteiger partial charge in [-0.25, -0.2) is 0 Å². The van der Waals surface area contributed by atoms with Crippen molar-refractivity contribution in [2.24, 2.45) is 5.92 Å². The molecule has 0 saturated carbocycles. The van der Waals surface area contributed by atoms with Crippen molar-refractivity contribution in [3.63, 3.8) is 0 Å². The Balaban J connectivity index is 2.07. The third-order valence-corrected chi connectivity index (χ3v) is 4.03. The van der Waals surface area contributed by atoms with Crippen LogP contribution in [0.1, 0.15) is 78.1 Å². The summed E-state index contributed by atoms with van der Waals surface area (Å²) < 4.78 is 11.3. The Morgan fingerprint density at radius 3 is 2.05 bits per heavy atom. The van der Waals surface area contributed by atoms with E-state index in [-0.39, 0.29) is 0 Å². The molecule has 0 radical (unpaired) electrons. The first-order valence-corrected chi connectivity index (χ1v) is 8.56. The molecule has 1 aliphatic heterocycles. The minimum Gasteiger partial charge on any atom is -0.381 e. The molecule has 0 aromatic heterocycles. The molecule has 1 heterocycles. The van der Waals surface area contributed by atoms with Gasteiger partial charge in [0.2, 0.25) is 0 Å². The van der Waals surface area contributed by atoms with Crippen LogP contribution in [-0.4, -0.2) is 25.9 Å². The molecule has 1 saturated heterocycles. The second-order valence-corrected chi connectivity index (χ2v) is 6.06. The highest BCUT2D eigenvalue weighted by Crippen LogP contribution is 2.18. The molecule has 1 atom stereocenters. The molecule has 0 N–H and O–H groups in total.